The molecule has 0 spiro atoms. The lowest BCUT2D eigenvalue weighted by atomic mass is 9.97. The van der Waals surface area contributed by atoms with Crippen molar-refractivity contribution < 1.29 is 14.7 Å². The first-order valence-electron chi connectivity index (χ1n) is 7.42. The minimum Gasteiger partial charge on any atom is -0.481 e. The number of nitrogens with one attached hydrogen (secondary N) is 1. The summed E-state index contributed by atoms with van der Waals surface area (Å²) in [5, 5.41) is 11.9. The molecular formula is C16H22N2O3. The fraction of sp³-hybridized carbons (Fsp3) is 0.500. The minimum absolute atomic E-state index is 0.159. The highest BCUT2D eigenvalue weighted by Crippen LogP contribution is 2.19. The number of hydrogen-bond donors (Lipinski definition) is 2. The molecule has 1 aromatic carbocycles. The van der Waals surface area contributed by atoms with Gasteiger partial charge in [0.1, 0.15) is 0 Å². The summed E-state index contributed by atoms with van der Waals surface area (Å²) in [5.41, 5.74) is 1.21. The van der Waals surface area contributed by atoms with Crippen molar-refractivity contribution >= 4 is 12.0 Å². The quantitative estimate of drug-likeness (QED) is 0.874. The third kappa shape index (κ3) is 3.97. The van der Waals surface area contributed by atoms with Crippen LogP contribution in [0.15, 0.2) is 30.3 Å². The number of carboxylic acids is 1. The Morgan fingerprint density at radius 2 is 2.10 bits per heavy atom. The lowest BCUT2D eigenvalue weighted by Crippen LogP contribution is -2.40. The molecule has 1 fully saturated rings. The Bertz CT molecular complexity index is 490. The molecule has 1 aliphatic rings. The lowest BCUT2D eigenvalue weighted by molar-refractivity contribution is -0.141. The van der Waals surface area contributed by atoms with E-state index in [1.165, 1.54) is 5.56 Å². The third-order valence-corrected chi connectivity index (χ3v) is 4.09. The van der Waals surface area contributed by atoms with E-state index in [1.54, 1.807) is 4.90 Å². The fourth-order valence-corrected chi connectivity index (χ4v) is 2.69. The number of benzene rings is 1. The van der Waals surface area contributed by atoms with Crippen LogP contribution in [-0.2, 0) is 4.79 Å². The molecule has 2 N–H and O–H groups in total. The van der Waals surface area contributed by atoms with Crippen LogP contribution in [0.1, 0.15) is 31.2 Å². The summed E-state index contributed by atoms with van der Waals surface area (Å²) < 4.78 is 0. The van der Waals surface area contributed by atoms with Gasteiger partial charge in [-0.25, -0.2) is 4.79 Å². The van der Waals surface area contributed by atoms with Crippen molar-refractivity contribution in [1.29, 1.82) is 0 Å². The van der Waals surface area contributed by atoms with Crippen molar-refractivity contribution in [1.82, 2.24) is 10.2 Å². The zero-order valence-electron chi connectivity index (χ0n) is 12.3. The molecule has 0 aliphatic carbocycles. The molecule has 0 bridgehead atoms. The number of amides is 2. The Hall–Kier alpha value is -2.04. The summed E-state index contributed by atoms with van der Waals surface area (Å²) in [7, 11) is 0. The molecular weight excluding hydrogens is 268 g/mol. The molecule has 1 heterocycles. The summed E-state index contributed by atoms with van der Waals surface area (Å²) >= 11 is 0. The summed E-state index contributed by atoms with van der Waals surface area (Å²) in [6.45, 7) is 3.50. The van der Waals surface area contributed by atoms with E-state index < -0.39 is 11.9 Å². The zero-order valence-corrected chi connectivity index (χ0v) is 12.3. The standard InChI is InChI=1S/C16H22N2O3/c1-2-12(13-6-4-3-5-7-13)10-17-16(21)18-9-8-14(11-18)15(19)20/h3-7,12,14H,2,8-11H2,1H3,(H,17,21)(H,19,20). The van der Waals surface area contributed by atoms with Gasteiger partial charge in [0.25, 0.3) is 0 Å². The van der Waals surface area contributed by atoms with Crippen molar-refractivity contribution in [2.24, 2.45) is 5.92 Å². The minimum atomic E-state index is -0.818. The Labute approximate surface area is 125 Å². The van der Waals surface area contributed by atoms with Gasteiger partial charge in [0.15, 0.2) is 0 Å². The largest absolute Gasteiger partial charge is 0.481 e. The molecule has 2 amide bonds. The van der Waals surface area contributed by atoms with Crippen molar-refractivity contribution in [3.8, 4) is 0 Å². The second-order valence-electron chi connectivity index (χ2n) is 5.47. The van der Waals surface area contributed by atoms with E-state index in [-0.39, 0.29) is 11.9 Å². The van der Waals surface area contributed by atoms with Gasteiger partial charge in [-0.2, -0.15) is 0 Å². The summed E-state index contributed by atoms with van der Waals surface area (Å²) in [4.78, 5) is 24.6. The van der Waals surface area contributed by atoms with E-state index in [9.17, 15) is 9.59 Å². The molecule has 21 heavy (non-hydrogen) atoms. The number of carboxylic acid groups (broad SMARTS) is 1. The molecule has 0 saturated carbocycles. The first kappa shape index (κ1) is 15.4. The van der Waals surface area contributed by atoms with Gasteiger partial charge < -0.3 is 15.3 Å². The van der Waals surface area contributed by atoms with Crippen LogP contribution >= 0.6 is 0 Å². The van der Waals surface area contributed by atoms with Crippen molar-refractivity contribution in [3.63, 3.8) is 0 Å². The monoisotopic (exact) mass is 290 g/mol. The summed E-state index contributed by atoms with van der Waals surface area (Å²) in [6.07, 6.45) is 1.49. The SMILES string of the molecule is CCC(CNC(=O)N1CCC(C(=O)O)C1)c1ccccc1. The maximum Gasteiger partial charge on any atom is 0.317 e. The van der Waals surface area contributed by atoms with Gasteiger partial charge in [0.2, 0.25) is 0 Å². The molecule has 114 valence electrons. The van der Waals surface area contributed by atoms with Crippen LogP contribution in [0, 0.1) is 5.92 Å². The van der Waals surface area contributed by atoms with E-state index in [0.717, 1.165) is 6.42 Å². The lowest BCUT2D eigenvalue weighted by Gasteiger charge is -2.20. The van der Waals surface area contributed by atoms with Gasteiger partial charge in [-0.15, -0.1) is 0 Å². The Morgan fingerprint density at radius 1 is 1.38 bits per heavy atom. The number of rotatable bonds is 5. The second kappa shape index (κ2) is 7.11. The third-order valence-electron chi connectivity index (χ3n) is 4.09. The second-order valence-corrected chi connectivity index (χ2v) is 5.47. The van der Waals surface area contributed by atoms with E-state index >= 15 is 0 Å². The van der Waals surface area contributed by atoms with E-state index in [1.807, 2.05) is 18.2 Å². The van der Waals surface area contributed by atoms with Crippen LogP contribution in [0.25, 0.3) is 0 Å². The average molecular weight is 290 g/mol. The summed E-state index contributed by atoms with van der Waals surface area (Å²) in [6, 6.07) is 9.95. The van der Waals surface area contributed by atoms with E-state index in [0.29, 0.717) is 26.1 Å². The number of carbonyl (C=O) groups excluding carboxylic acids is 1. The highest BCUT2D eigenvalue weighted by Gasteiger charge is 2.30. The van der Waals surface area contributed by atoms with Gasteiger partial charge >= 0.3 is 12.0 Å². The Morgan fingerprint density at radius 3 is 2.67 bits per heavy atom. The van der Waals surface area contributed by atoms with Crippen molar-refractivity contribution in [2.45, 2.75) is 25.7 Å². The van der Waals surface area contributed by atoms with Crippen LogP contribution in [0.5, 0.6) is 0 Å². The molecule has 1 aromatic rings. The molecule has 5 heteroatoms. The Balaban J connectivity index is 1.85. The normalized spacial score (nSPS) is 19.3. The van der Waals surface area contributed by atoms with Gasteiger partial charge in [-0.05, 0) is 18.4 Å². The molecule has 0 aromatic heterocycles. The van der Waals surface area contributed by atoms with Gasteiger partial charge in [0.05, 0.1) is 5.92 Å². The maximum absolute atomic E-state index is 12.1. The maximum atomic E-state index is 12.1. The first-order valence-corrected chi connectivity index (χ1v) is 7.42. The van der Waals surface area contributed by atoms with Crippen LogP contribution < -0.4 is 5.32 Å². The van der Waals surface area contributed by atoms with Crippen LogP contribution in [0.4, 0.5) is 4.79 Å². The molecule has 1 aliphatic heterocycles. The topological polar surface area (TPSA) is 69.6 Å². The van der Waals surface area contributed by atoms with Crippen molar-refractivity contribution in [2.75, 3.05) is 19.6 Å². The predicted octanol–water partition coefficient (Wildman–Crippen LogP) is 2.30. The molecule has 0 radical (unpaired) electrons. The number of likely N-dealkylation sites (tertiary alicyclic amines) is 1. The first-order chi connectivity index (χ1) is 10.1. The smallest absolute Gasteiger partial charge is 0.317 e. The number of hydrogen-bond acceptors (Lipinski definition) is 2. The van der Waals surface area contributed by atoms with Gasteiger partial charge in [0, 0.05) is 25.6 Å². The van der Waals surface area contributed by atoms with Crippen LogP contribution in [0.3, 0.4) is 0 Å². The molecule has 2 rings (SSSR count). The Kier molecular flexibility index (Phi) is 5.20. The van der Waals surface area contributed by atoms with E-state index in [4.69, 9.17) is 5.11 Å². The number of urea groups is 1. The zero-order chi connectivity index (χ0) is 15.2. The van der Waals surface area contributed by atoms with Crippen LogP contribution in [0.2, 0.25) is 0 Å². The number of aliphatic carboxylic acids is 1. The highest BCUT2D eigenvalue weighted by atomic mass is 16.4. The molecule has 2 atom stereocenters. The summed E-state index contributed by atoms with van der Waals surface area (Å²) in [5.74, 6) is -0.958. The average Bonchev–Trinajstić information content (AvgIpc) is 2.99. The van der Waals surface area contributed by atoms with Crippen molar-refractivity contribution in [3.05, 3.63) is 35.9 Å². The highest BCUT2D eigenvalue weighted by molar-refractivity contribution is 5.77. The number of carbonyl (C=O) groups is 2. The predicted molar refractivity (Wildman–Crippen MR) is 80.2 cm³/mol. The van der Waals surface area contributed by atoms with Gasteiger partial charge in [-0.3, -0.25) is 4.79 Å². The molecule has 1 saturated heterocycles. The molecule has 5 nitrogen and oxygen atoms in total. The van der Waals surface area contributed by atoms with E-state index in [2.05, 4.69) is 24.4 Å². The fourth-order valence-electron chi connectivity index (χ4n) is 2.69. The molecule has 2 unspecified atom stereocenters. The number of nitrogens with zero attached hydrogens (tertiary/aromatic N) is 1. The van der Waals surface area contributed by atoms with Gasteiger partial charge in [-0.1, -0.05) is 37.3 Å². The van der Waals surface area contributed by atoms with Crippen LogP contribution in [-0.4, -0.2) is 41.6 Å².